The number of alkyl halides is 2. The minimum atomic E-state index is -2.07. The maximum atomic E-state index is 16.8. The minimum absolute atomic E-state index is 0.00540. The summed E-state index contributed by atoms with van der Waals surface area (Å²) >= 11 is 4.06. The van der Waals surface area contributed by atoms with Crippen LogP contribution in [-0.4, -0.2) is 33.9 Å². The smallest absolute Gasteiger partial charge is 0.189 e. The van der Waals surface area contributed by atoms with Gasteiger partial charge in [0.15, 0.2) is 16.6 Å². The maximum Gasteiger partial charge on any atom is 0.189 e. The Morgan fingerprint density at radius 1 is 1.30 bits per heavy atom. The van der Waals surface area contributed by atoms with Crippen molar-refractivity contribution in [3.8, 4) is 0 Å². The van der Waals surface area contributed by atoms with Crippen LogP contribution < -0.4 is 0 Å². The topological polar surface area (TPSA) is 54.4 Å². The van der Waals surface area contributed by atoms with Gasteiger partial charge in [-0.1, -0.05) is 19.9 Å². The Bertz CT molecular complexity index is 779. The number of fused-ring (bicyclic) bond motifs is 5. The lowest BCUT2D eigenvalue weighted by molar-refractivity contribution is -0.201. The van der Waals surface area contributed by atoms with Crippen LogP contribution in [0, 0.1) is 34.5 Å². The van der Waals surface area contributed by atoms with Crippen molar-refractivity contribution in [3.63, 3.8) is 0 Å². The highest BCUT2D eigenvalue weighted by Crippen LogP contribution is 2.70. The molecule has 0 aromatic rings. The number of thiol groups is 1. The van der Waals surface area contributed by atoms with Crippen LogP contribution in [0.4, 0.5) is 8.78 Å². The van der Waals surface area contributed by atoms with Crippen LogP contribution in [0.25, 0.3) is 0 Å². The van der Waals surface area contributed by atoms with Gasteiger partial charge >= 0.3 is 0 Å². The lowest BCUT2D eigenvalue weighted by atomic mass is 9.45. The molecule has 4 aliphatic rings. The van der Waals surface area contributed by atoms with E-state index in [4.69, 9.17) is 0 Å². The van der Waals surface area contributed by atoms with Crippen molar-refractivity contribution in [2.45, 2.75) is 58.0 Å². The van der Waals surface area contributed by atoms with Crippen LogP contribution in [0.3, 0.4) is 0 Å². The molecule has 3 nitrogen and oxygen atoms in total. The molecule has 0 saturated heterocycles. The fourth-order valence-electron chi connectivity index (χ4n) is 7.10. The van der Waals surface area contributed by atoms with Gasteiger partial charge < -0.3 is 5.11 Å². The van der Waals surface area contributed by atoms with Gasteiger partial charge in [-0.2, -0.15) is 0 Å². The van der Waals surface area contributed by atoms with Gasteiger partial charge in [0.1, 0.15) is 6.17 Å². The molecule has 0 aliphatic heterocycles. The molecule has 9 atom stereocenters. The standard InChI is InChI=1S/C21H26F2O3S/c1-10-6-12-13-8-15(22)14-7-11(24)4-5-20(14,3)21(13,23)16(25)9-19(12,2)17(10)18(26)27/h4-5,7,10,12-13,15-17,25H,6,8-9H2,1-3H3,(H,26,27)/t10-,12+,13+,15+,16+,17+,19+,20+,21+/m1/s1. The van der Waals surface area contributed by atoms with Gasteiger partial charge in [-0.3, -0.25) is 9.59 Å². The molecule has 0 heterocycles. The molecule has 6 heteroatoms. The highest BCUT2D eigenvalue weighted by atomic mass is 32.1. The van der Waals surface area contributed by atoms with E-state index in [0.717, 1.165) is 0 Å². The van der Waals surface area contributed by atoms with E-state index in [1.807, 2.05) is 13.8 Å². The Labute approximate surface area is 163 Å². The van der Waals surface area contributed by atoms with E-state index in [-0.39, 0.29) is 47.1 Å². The molecule has 3 saturated carbocycles. The fourth-order valence-corrected chi connectivity index (χ4v) is 7.65. The first kappa shape index (κ1) is 19.3. The predicted molar refractivity (Wildman–Crippen MR) is 101 cm³/mol. The number of carbonyl (C=O) groups excluding carboxylic acids is 2. The van der Waals surface area contributed by atoms with Gasteiger partial charge in [-0.25, -0.2) is 8.78 Å². The van der Waals surface area contributed by atoms with Gasteiger partial charge in [0, 0.05) is 17.3 Å². The molecule has 0 amide bonds. The monoisotopic (exact) mass is 396 g/mol. The maximum absolute atomic E-state index is 16.8. The molecular formula is C21H26F2O3S. The Kier molecular flexibility index (Phi) is 4.12. The van der Waals surface area contributed by atoms with E-state index in [2.05, 4.69) is 12.6 Å². The molecule has 0 spiro atoms. The van der Waals surface area contributed by atoms with Crippen molar-refractivity contribution in [3.05, 3.63) is 23.8 Å². The van der Waals surface area contributed by atoms with Crippen LogP contribution in [0.2, 0.25) is 0 Å². The van der Waals surface area contributed by atoms with Gasteiger partial charge in [0.25, 0.3) is 0 Å². The van der Waals surface area contributed by atoms with Crippen LogP contribution in [0.15, 0.2) is 23.8 Å². The van der Waals surface area contributed by atoms with Gasteiger partial charge in [0.2, 0.25) is 0 Å². The van der Waals surface area contributed by atoms with Crippen LogP contribution in [-0.2, 0) is 9.59 Å². The molecule has 27 heavy (non-hydrogen) atoms. The number of allylic oxidation sites excluding steroid dienone is 4. The number of hydrogen-bond acceptors (Lipinski definition) is 3. The van der Waals surface area contributed by atoms with Crippen molar-refractivity contribution in [1.82, 2.24) is 0 Å². The molecule has 148 valence electrons. The van der Waals surface area contributed by atoms with Crippen LogP contribution in [0.1, 0.15) is 40.0 Å². The van der Waals surface area contributed by atoms with E-state index in [0.29, 0.717) is 6.42 Å². The first-order valence-corrected chi connectivity index (χ1v) is 10.1. The summed E-state index contributed by atoms with van der Waals surface area (Å²) in [6.07, 6.45) is 1.80. The van der Waals surface area contributed by atoms with E-state index >= 15 is 8.78 Å². The van der Waals surface area contributed by atoms with Crippen molar-refractivity contribution >= 4 is 23.5 Å². The van der Waals surface area contributed by atoms with Crippen LogP contribution in [0.5, 0.6) is 0 Å². The summed E-state index contributed by atoms with van der Waals surface area (Å²) in [5.74, 6) is -1.66. The summed E-state index contributed by atoms with van der Waals surface area (Å²) < 4.78 is 31.9. The molecular weight excluding hydrogens is 370 g/mol. The second-order valence-electron chi connectivity index (χ2n) is 9.48. The summed E-state index contributed by atoms with van der Waals surface area (Å²) in [6.45, 7) is 5.46. The number of hydrogen-bond donors (Lipinski definition) is 2. The van der Waals surface area contributed by atoms with Crippen molar-refractivity contribution in [1.29, 1.82) is 0 Å². The van der Waals surface area contributed by atoms with Crippen molar-refractivity contribution in [2.24, 2.45) is 34.5 Å². The zero-order chi connectivity index (χ0) is 19.9. The van der Waals surface area contributed by atoms with Gasteiger partial charge in [-0.15, -0.1) is 12.6 Å². The molecule has 0 radical (unpaired) electrons. The summed E-state index contributed by atoms with van der Waals surface area (Å²) in [5, 5.41) is 10.8. The van der Waals surface area contributed by atoms with E-state index in [1.54, 1.807) is 6.92 Å². The molecule has 0 bridgehead atoms. The highest BCUT2D eigenvalue weighted by Gasteiger charge is 2.72. The normalized spacial score (nSPS) is 54.0. The molecule has 3 fully saturated rings. The SMILES string of the molecule is C[C@@H]1C[C@H]2[C@@H]3C[C@H](F)C4=CC(=O)C=C[C@]4(C)[C@@]3(F)[C@@H](O)C[C@]2(C)[C@@H]1C(=O)S. The summed E-state index contributed by atoms with van der Waals surface area (Å²) in [7, 11) is 0. The molecule has 0 aromatic carbocycles. The largest absolute Gasteiger partial charge is 0.390 e. The van der Waals surface area contributed by atoms with Gasteiger partial charge in [0.05, 0.1) is 6.10 Å². The van der Waals surface area contributed by atoms with Crippen molar-refractivity contribution in [2.75, 3.05) is 0 Å². The third-order valence-electron chi connectivity index (χ3n) is 8.23. The van der Waals surface area contributed by atoms with Gasteiger partial charge in [-0.05, 0) is 61.2 Å². The third kappa shape index (κ3) is 2.23. The molecule has 0 aromatic heterocycles. The molecule has 1 N–H and O–H groups in total. The average molecular weight is 396 g/mol. The zero-order valence-electron chi connectivity index (χ0n) is 15.8. The average Bonchev–Trinajstić information content (AvgIpc) is 2.82. The second-order valence-corrected chi connectivity index (χ2v) is 9.92. The van der Waals surface area contributed by atoms with Crippen LogP contribution >= 0.6 is 12.6 Å². The summed E-state index contributed by atoms with van der Waals surface area (Å²) in [5.41, 5.74) is -3.92. The number of carbonyl (C=O) groups is 2. The molecule has 4 aliphatic carbocycles. The van der Waals surface area contributed by atoms with Crippen molar-refractivity contribution < 1.29 is 23.5 Å². The predicted octanol–water partition coefficient (Wildman–Crippen LogP) is 3.62. The number of aliphatic hydroxyl groups is 1. The number of ketones is 1. The van der Waals surface area contributed by atoms with E-state index in [9.17, 15) is 14.7 Å². The number of halogens is 2. The van der Waals surface area contributed by atoms with E-state index in [1.165, 1.54) is 18.2 Å². The lowest BCUT2D eigenvalue weighted by Crippen LogP contribution is -2.68. The minimum Gasteiger partial charge on any atom is -0.390 e. The second kappa shape index (κ2) is 5.76. The number of aliphatic hydroxyl groups excluding tert-OH is 1. The first-order chi connectivity index (χ1) is 12.5. The first-order valence-electron chi connectivity index (χ1n) is 9.66. The molecule has 0 unspecified atom stereocenters. The fraction of sp³-hybridized carbons (Fsp3) is 0.714. The quantitative estimate of drug-likeness (QED) is 0.666. The third-order valence-corrected chi connectivity index (χ3v) is 8.51. The zero-order valence-corrected chi connectivity index (χ0v) is 16.7. The Hall–Kier alpha value is -1.01. The summed E-state index contributed by atoms with van der Waals surface area (Å²) in [6, 6.07) is 0. The Morgan fingerprint density at radius 3 is 2.59 bits per heavy atom. The molecule has 4 rings (SSSR count). The van der Waals surface area contributed by atoms with E-state index < -0.39 is 34.7 Å². The Morgan fingerprint density at radius 2 is 1.96 bits per heavy atom. The lowest BCUT2D eigenvalue weighted by Gasteiger charge is -2.62. The Balaban J connectivity index is 1.86. The highest BCUT2D eigenvalue weighted by molar-refractivity contribution is 7.96. The number of rotatable bonds is 1. The summed E-state index contributed by atoms with van der Waals surface area (Å²) in [4.78, 5) is 24.0.